The Bertz CT molecular complexity index is 919. The lowest BCUT2D eigenvalue weighted by Crippen LogP contribution is -2.22. The van der Waals surface area contributed by atoms with E-state index in [9.17, 15) is 9.59 Å². The number of rotatable bonds is 6. The van der Waals surface area contributed by atoms with Crippen molar-refractivity contribution in [1.29, 1.82) is 0 Å². The topological polar surface area (TPSA) is 87.3 Å². The smallest absolute Gasteiger partial charge is 0.414 e. The molecule has 0 saturated heterocycles. The maximum absolute atomic E-state index is 12.5. The average molecular weight is 352 g/mol. The van der Waals surface area contributed by atoms with Crippen LogP contribution in [0, 0.1) is 0 Å². The number of likely N-dealkylation sites (N-methyl/N-ethyl adjacent to an activating group) is 1. The molecule has 0 aliphatic heterocycles. The van der Waals surface area contributed by atoms with Crippen molar-refractivity contribution in [2.75, 3.05) is 32.6 Å². The van der Waals surface area contributed by atoms with Gasteiger partial charge in [-0.25, -0.2) is 9.78 Å². The first-order chi connectivity index (χ1) is 12.5. The molecule has 26 heavy (non-hydrogen) atoms. The van der Waals surface area contributed by atoms with Gasteiger partial charge in [0, 0.05) is 17.7 Å². The lowest BCUT2D eigenvalue weighted by Gasteiger charge is -2.09. The zero-order valence-corrected chi connectivity index (χ0v) is 14.7. The molecule has 0 radical (unpaired) electrons. The molecular formula is C19H20N4O3. The summed E-state index contributed by atoms with van der Waals surface area (Å²) in [4.78, 5) is 33.5. The van der Waals surface area contributed by atoms with Gasteiger partial charge in [-0.3, -0.25) is 10.1 Å². The summed E-state index contributed by atoms with van der Waals surface area (Å²) < 4.78 is 5.07. The standard InChI is InChI=1S/C19H20N4O3/c1-23(2)10-11-26-19(25)22-18-20-15-9-8-14(12-16(15)21-18)17(24)13-6-4-3-5-7-13/h3-9,12H,10-11H2,1-2H3,(H2,20,21,22,25). The number of aromatic amines is 1. The molecule has 0 aliphatic carbocycles. The van der Waals surface area contributed by atoms with Gasteiger partial charge in [-0.15, -0.1) is 0 Å². The zero-order valence-electron chi connectivity index (χ0n) is 14.7. The summed E-state index contributed by atoms with van der Waals surface area (Å²) in [6.45, 7) is 0.924. The van der Waals surface area contributed by atoms with Crippen LogP contribution in [0.5, 0.6) is 0 Å². The molecule has 3 rings (SSSR count). The summed E-state index contributed by atoms with van der Waals surface area (Å²) in [6.07, 6.45) is -0.577. The van der Waals surface area contributed by atoms with Crippen molar-refractivity contribution in [3.05, 3.63) is 59.7 Å². The first-order valence-corrected chi connectivity index (χ1v) is 8.21. The van der Waals surface area contributed by atoms with Crippen LogP contribution in [0.25, 0.3) is 11.0 Å². The van der Waals surface area contributed by atoms with Gasteiger partial charge < -0.3 is 14.6 Å². The molecule has 0 aliphatic rings. The van der Waals surface area contributed by atoms with Crippen LogP contribution in [0.2, 0.25) is 0 Å². The van der Waals surface area contributed by atoms with Gasteiger partial charge >= 0.3 is 6.09 Å². The van der Waals surface area contributed by atoms with Gasteiger partial charge in [0.1, 0.15) is 6.61 Å². The number of carbonyl (C=O) groups excluding carboxylic acids is 2. The second-order valence-electron chi connectivity index (χ2n) is 6.08. The molecule has 0 spiro atoms. The fourth-order valence-corrected chi connectivity index (χ4v) is 2.42. The number of amides is 1. The van der Waals surface area contributed by atoms with Crippen molar-refractivity contribution in [1.82, 2.24) is 14.9 Å². The fourth-order valence-electron chi connectivity index (χ4n) is 2.42. The van der Waals surface area contributed by atoms with Gasteiger partial charge in [-0.05, 0) is 32.3 Å². The highest BCUT2D eigenvalue weighted by atomic mass is 16.5. The Labute approximate surface area is 151 Å². The SMILES string of the molecule is CN(C)CCOC(=O)Nc1nc2ccc(C(=O)c3ccccc3)cc2[nH]1. The minimum absolute atomic E-state index is 0.0697. The van der Waals surface area contributed by atoms with Crippen LogP contribution in [-0.2, 0) is 4.74 Å². The van der Waals surface area contributed by atoms with E-state index >= 15 is 0 Å². The maximum atomic E-state index is 12.5. The molecule has 0 unspecified atom stereocenters. The Morgan fingerprint density at radius 2 is 1.88 bits per heavy atom. The van der Waals surface area contributed by atoms with Crippen LogP contribution >= 0.6 is 0 Å². The van der Waals surface area contributed by atoms with Gasteiger partial charge in [0.15, 0.2) is 5.78 Å². The number of nitrogens with zero attached hydrogens (tertiary/aromatic N) is 2. The Morgan fingerprint density at radius 3 is 2.62 bits per heavy atom. The van der Waals surface area contributed by atoms with E-state index in [1.54, 1.807) is 30.3 Å². The maximum Gasteiger partial charge on any atom is 0.414 e. The van der Waals surface area contributed by atoms with E-state index in [1.165, 1.54) is 0 Å². The molecule has 1 aromatic heterocycles. The molecule has 0 saturated carbocycles. The van der Waals surface area contributed by atoms with Gasteiger partial charge in [0.25, 0.3) is 0 Å². The zero-order chi connectivity index (χ0) is 18.5. The van der Waals surface area contributed by atoms with E-state index in [0.29, 0.717) is 28.7 Å². The molecule has 1 amide bonds. The number of aromatic nitrogens is 2. The lowest BCUT2D eigenvalue weighted by atomic mass is 10.0. The minimum Gasteiger partial charge on any atom is -0.448 e. The predicted molar refractivity (Wildman–Crippen MR) is 99.5 cm³/mol. The summed E-state index contributed by atoms with van der Waals surface area (Å²) in [6, 6.07) is 14.2. The molecule has 2 aromatic carbocycles. The number of ketones is 1. The van der Waals surface area contributed by atoms with Crippen LogP contribution in [0.1, 0.15) is 15.9 Å². The number of nitrogens with one attached hydrogen (secondary N) is 2. The third kappa shape index (κ3) is 4.25. The van der Waals surface area contributed by atoms with Crippen LogP contribution in [-0.4, -0.2) is 54.0 Å². The predicted octanol–water partition coefficient (Wildman–Crippen LogP) is 2.90. The number of hydrogen-bond acceptors (Lipinski definition) is 5. The summed E-state index contributed by atoms with van der Waals surface area (Å²) >= 11 is 0. The highest BCUT2D eigenvalue weighted by molar-refractivity contribution is 6.10. The Morgan fingerprint density at radius 1 is 1.12 bits per heavy atom. The van der Waals surface area contributed by atoms with Gasteiger partial charge in [-0.1, -0.05) is 30.3 Å². The molecule has 7 heteroatoms. The summed E-state index contributed by atoms with van der Waals surface area (Å²) in [5.41, 5.74) is 2.48. The van der Waals surface area contributed by atoms with E-state index in [2.05, 4.69) is 15.3 Å². The number of anilines is 1. The van der Waals surface area contributed by atoms with Crippen LogP contribution in [0.3, 0.4) is 0 Å². The number of H-pyrrole nitrogens is 1. The number of fused-ring (bicyclic) bond motifs is 1. The number of hydrogen-bond donors (Lipinski definition) is 2. The molecule has 3 aromatic rings. The van der Waals surface area contributed by atoms with Crippen LogP contribution < -0.4 is 5.32 Å². The summed E-state index contributed by atoms with van der Waals surface area (Å²) in [7, 11) is 3.80. The highest BCUT2D eigenvalue weighted by Gasteiger charge is 2.12. The molecule has 134 valence electrons. The van der Waals surface area contributed by atoms with Gasteiger partial charge in [0.2, 0.25) is 5.95 Å². The van der Waals surface area contributed by atoms with E-state index < -0.39 is 6.09 Å². The van der Waals surface area contributed by atoms with Crippen molar-refractivity contribution in [2.24, 2.45) is 0 Å². The lowest BCUT2D eigenvalue weighted by molar-refractivity contribution is 0.103. The Balaban J connectivity index is 1.71. The monoisotopic (exact) mass is 352 g/mol. The molecule has 7 nitrogen and oxygen atoms in total. The van der Waals surface area contributed by atoms with Crippen molar-refractivity contribution < 1.29 is 14.3 Å². The average Bonchev–Trinajstić information content (AvgIpc) is 3.02. The normalized spacial score (nSPS) is 10.9. The van der Waals surface area contributed by atoms with E-state index in [-0.39, 0.29) is 18.3 Å². The molecule has 1 heterocycles. The van der Waals surface area contributed by atoms with E-state index in [4.69, 9.17) is 4.74 Å². The number of imidazole rings is 1. The second-order valence-corrected chi connectivity index (χ2v) is 6.08. The third-order valence-electron chi connectivity index (χ3n) is 3.77. The quantitative estimate of drug-likeness (QED) is 0.666. The number of benzene rings is 2. The molecule has 2 N–H and O–H groups in total. The highest BCUT2D eigenvalue weighted by Crippen LogP contribution is 2.18. The first kappa shape index (κ1) is 17.6. The van der Waals surface area contributed by atoms with Crippen molar-refractivity contribution >= 4 is 28.9 Å². The fraction of sp³-hybridized carbons (Fsp3) is 0.211. The molecule has 0 bridgehead atoms. The summed E-state index contributed by atoms with van der Waals surface area (Å²) in [5.74, 6) is 0.207. The van der Waals surface area contributed by atoms with Crippen molar-refractivity contribution in [2.45, 2.75) is 0 Å². The molecule has 0 fully saturated rings. The first-order valence-electron chi connectivity index (χ1n) is 8.21. The molecular weight excluding hydrogens is 332 g/mol. The van der Waals surface area contributed by atoms with E-state index in [1.807, 2.05) is 37.2 Å². The molecule has 0 atom stereocenters. The van der Waals surface area contributed by atoms with Gasteiger partial charge in [-0.2, -0.15) is 0 Å². The number of ether oxygens (including phenoxy) is 1. The van der Waals surface area contributed by atoms with Gasteiger partial charge in [0.05, 0.1) is 11.0 Å². The van der Waals surface area contributed by atoms with Crippen molar-refractivity contribution in [3.8, 4) is 0 Å². The Kier molecular flexibility index (Phi) is 5.28. The van der Waals surface area contributed by atoms with Crippen LogP contribution in [0.4, 0.5) is 10.7 Å². The number of carbonyl (C=O) groups is 2. The Hall–Kier alpha value is -3.19. The minimum atomic E-state index is -0.577. The van der Waals surface area contributed by atoms with Crippen LogP contribution in [0.15, 0.2) is 48.5 Å². The largest absolute Gasteiger partial charge is 0.448 e. The second kappa shape index (κ2) is 7.79. The van der Waals surface area contributed by atoms with Crippen molar-refractivity contribution in [3.63, 3.8) is 0 Å². The third-order valence-corrected chi connectivity index (χ3v) is 3.77. The summed E-state index contributed by atoms with van der Waals surface area (Å²) in [5, 5.41) is 2.55. The van der Waals surface area contributed by atoms with E-state index in [0.717, 1.165) is 0 Å².